The molecule has 1 aromatic carbocycles. The van der Waals surface area contributed by atoms with E-state index in [9.17, 15) is 4.79 Å². The van der Waals surface area contributed by atoms with Gasteiger partial charge in [0, 0.05) is 18.2 Å². The molecule has 1 aromatic heterocycles. The van der Waals surface area contributed by atoms with Crippen LogP contribution in [-0.2, 0) is 6.54 Å². The molecule has 2 aromatic rings. The van der Waals surface area contributed by atoms with Gasteiger partial charge in [0.2, 0.25) is 0 Å². The number of benzene rings is 1. The molecule has 0 aliphatic heterocycles. The smallest absolute Gasteiger partial charge is 0.256 e. The fourth-order valence-electron chi connectivity index (χ4n) is 2.31. The van der Waals surface area contributed by atoms with Crippen LogP contribution in [0.4, 0.5) is 5.82 Å². The topological polar surface area (TPSA) is 65.4 Å². The molecule has 0 saturated heterocycles. The number of nitrogens with zero attached hydrogens (tertiary/aromatic N) is 2. The van der Waals surface area contributed by atoms with Gasteiger partial charge in [0.25, 0.3) is 5.91 Å². The van der Waals surface area contributed by atoms with Crippen molar-refractivity contribution in [2.45, 2.75) is 34.2 Å². The molecule has 0 aliphatic rings. The minimum atomic E-state index is -0.204. The van der Waals surface area contributed by atoms with Gasteiger partial charge in [0.1, 0.15) is 5.82 Å². The summed E-state index contributed by atoms with van der Waals surface area (Å²) in [6, 6.07) is 6.98. The number of hydrogen-bond donors (Lipinski definition) is 1. The van der Waals surface area contributed by atoms with Gasteiger partial charge in [-0.05, 0) is 38.0 Å². The highest BCUT2D eigenvalue weighted by molar-refractivity contribution is 6.04. The minimum Gasteiger partial charge on any atom is -0.490 e. The number of anilines is 1. The largest absolute Gasteiger partial charge is 0.490 e. The summed E-state index contributed by atoms with van der Waals surface area (Å²) in [6.07, 6.45) is 1.68. The number of amides is 1. The van der Waals surface area contributed by atoms with Crippen LogP contribution in [0.2, 0.25) is 0 Å². The van der Waals surface area contributed by atoms with Crippen molar-refractivity contribution < 1.29 is 14.3 Å². The number of aromatic nitrogens is 2. The molecule has 1 amide bonds. The van der Waals surface area contributed by atoms with Crippen molar-refractivity contribution in [2.24, 2.45) is 5.92 Å². The van der Waals surface area contributed by atoms with E-state index >= 15 is 0 Å². The molecular weight excluding hydrogens is 306 g/mol. The van der Waals surface area contributed by atoms with Gasteiger partial charge in [-0.15, -0.1) is 0 Å². The monoisotopic (exact) mass is 331 g/mol. The summed E-state index contributed by atoms with van der Waals surface area (Å²) < 4.78 is 12.9. The van der Waals surface area contributed by atoms with Crippen LogP contribution in [0.15, 0.2) is 30.5 Å². The van der Waals surface area contributed by atoms with Crippen LogP contribution in [0.1, 0.15) is 38.1 Å². The molecule has 0 saturated carbocycles. The van der Waals surface area contributed by atoms with Gasteiger partial charge in [-0.2, -0.15) is 5.10 Å². The van der Waals surface area contributed by atoms with Gasteiger partial charge < -0.3 is 14.8 Å². The number of ether oxygens (including phenoxy) is 2. The van der Waals surface area contributed by atoms with Crippen LogP contribution < -0.4 is 14.8 Å². The highest BCUT2D eigenvalue weighted by Gasteiger charge is 2.14. The highest BCUT2D eigenvalue weighted by atomic mass is 16.5. The Kier molecular flexibility index (Phi) is 6.23. The molecule has 0 bridgehead atoms. The Bertz CT molecular complexity index is 680. The molecule has 24 heavy (non-hydrogen) atoms. The fraction of sp³-hybridized carbons (Fsp3) is 0.444. The average molecular weight is 331 g/mol. The first-order valence-electron chi connectivity index (χ1n) is 8.27. The van der Waals surface area contributed by atoms with E-state index in [0.717, 1.165) is 6.54 Å². The first-order valence-corrected chi connectivity index (χ1v) is 8.27. The summed E-state index contributed by atoms with van der Waals surface area (Å²) in [6.45, 7) is 9.81. The summed E-state index contributed by atoms with van der Waals surface area (Å²) in [7, 11) is 0. The van der Waals surface area contributed by atoms with Gasteiger partial charge in [-0.1, -0.05) is 13.8 Å². The lowest BCUT2D eigenvalue weighted by Gasteiger charge is -2.13. The Hall–Kier alpha value is -2.50. The maximum Gasteiger partial charge on any atom is 0.256 e. The first kappa shape index (κ1) is 17.8. The zero-order chi connectivity index (χ0) is 17.5. The molecule has 0 aliphatic carbocycles. The van der Waals surface area contributed by atoms with Crippen molar-refractivity contribution in [2.75, 3.05) is 18.5 Å². The van der Waals surface area contributed by atoms with E-state index in [-0.39, 0.29) is 5.91 Å². The van der Waals surface area contributed by atoms with E-state index in [1.54, 1.807) is 35.1 Å². The molecular formula is C18H25N3O3. The van der Waals surface area contributed by atoms with E-state index in [4.69, 9.17) is 9.47 Å². The van der Waals surface area contributed by atoms with Crippen molar-refractivity contribution >= 4 is 11.7 Å². The van der Waals surface area contributed by atoms with Crippen LogP contribution in [0.5, 0.6) is 11.5 Å². The van der Waals surface area contributed by atoms with Crippen LogP contribution in [0.3, 0.4) is 0 Å². The third-order valence-electron chi connectivity index (χ3n) is 3.30. The van der Waals surface area contributed by atoms with Crippen LogP contribution in [0.25, 0.3) is 0 Å². The first-order chi connectivity index (χ1) is 11.5. The molecule has 0 radical (unpaired) electrons. The number of carbonyl (C=O) groups is 1. The molecule has 0 spiro atoms. The predicted molar refractivity (Wildman–Crippen MR) is 93.8 cm³/mol. The second kappa shape index (κ2) is 8.38. The Balaban J connectivity index is 2.17. The van der Waals surface area contributed by atoms with Gasteiger partial charge in [-0.25, -0.2) is 4.68 Å². The zero-order valence-electron chi connectivity index (χ0n) is 14.7. The van der Waals surface area contributed by atoms with Crippen LogP contribution >= 0.6 is 0 Å². The van der Waals surface area contributed by atoms with Gasteiger partial charge in [0.05, 0.1) is 19.4 Å². The minimum absolute atomic E-state index is 0.204. The quantitative estimate of drug-likeness (QED) is 0.803. The SMILES string of the molecule is CCOc1ccc(C(=O)Nc2ccnn2CC(C)C)cc1OCC. The highest BCUT2D eigenvalue weighted by Crippen LogP contribution is 2.28. The van der Waals surface area contributed by atoms with E-state index in [0.29, 0.717) is 42.0 Å². The molecule has 1 N–H and O–H groups in total. The van der Waals surface area contributed by atoms with Gasteiger partial charge >= 0.3 is 0 Å². The third kappa shape index (κ3) is 4.50. The van der Waals surface area contributed by atoms with E-state index in [2.05, 4.69) is 24.3 Å². The van der Waals surface area contributed by atoms with Gasteiger partial charge in [0.15, 0.2) is 11.5 Å². The Morgan fingerprint density at radius 1 is 1.17 bits per heavy atom. The summed E-state index contributed by atoms with van der Waals surface area (Å²) >= 11 is 0. The average Bonchev–Trinajstić information content (AvgIpc) is 2.95. The second-order valence-electron chi connectivity index (χ2n) is 5.77. The number of rotatable bonds is 8. The molecule has 1 heterocycles. The standard InChI is InChI=1S/C18H25N3O3/c1-5-23-15-8-7-14(11-16(15)24-6-2)18(22)20-17-9-10-19-21(17)12-13(3)4/h7-11,13H,5-6,12H2,1-4H3,(H,20,22). The summed E-state index contributed by atoms with van der Waals surface area (Å²) in [5, 5.41) is 7.14. The van der Waals surface area contributed by atoms with Crippen molar-refractivity contribution in [3.63, 3.8) is 0 Å². The lowest BCUT2D eigenvalue weighted by molar-refractivity contribution is 0.102. The lowest BCUT2D eigenvalue weighted by Crippen LogP contribution is -2.17. The Morgan fingerprint density at radius 3 is 2.54 bits per heavy atom. The number of carbonyl (C=O) groups excluding carboxylic acids is 1. The third-order valence-corrected chi connectivity index (χ3v) is 3.30. The maximum absolute atomic E-state index is 12.5. The van der Waals surface area contributed by atoms with E-state index in [1.165, 1.54) is 0 Å². The predicted octanol–water partition coefficient (Wildman–Crippen LogP) is 3.59. The van der Waals surface area contributed by atoms with Crippen molar-refractivity contribution in [1.82, 2.24) is 9.78 Å². The fourth-order valence-corrected chi connectivity index (χ4v) is 2.31. The lowest BCUT2D eigenvalue weighted by atomic mass is 10.2. The van der Waals surface area contributed by atoms with E-state index in [1.807, 2.05) is 13.8 Å². The summed E-state index contributed by atoms with van der Waals surface area (Å²) in [5.74, 6) is 2.13. The van der Waals surface area contributed by atoms with Crippen LogP contribution in [0, 0.1) is 5.92 Å². The zero-order valence-corrected chi connectivity index (χ0v) is 14.7. The van der Waals surface area contributed by atoms with Crippen molar-refractivity contribution in [3.8, 4) is 11.5 Å². The normalized spacial score (nSPS) is 10.7. The maximum atomic E-state index is 12.5. The van der Waals surface area contributed by atoms with Crippen LogP contribution in [-0.4, -0.2) is 28.9 Å². The second-order valence-corrected chi connectivity index (χ2v) is 5.77. The Morgan fingerprint density at radius 2 is 1.88 bits per heavy atom. The summed E-state index contributed by atoms with van der Waals surface area (Å²) in [4.78, 5) is 12.5. The molecule has 6 heteroatoms. The van der Waals surface area contributed by atoms with Crippen molar-refractivity contribution in [1.29, 1.82) is 0 Å². The van der Waals surface area contributed by atoms with Crippen molar-refractivity contribution in [3.05, 3.63) is 36.0 Å². The molecule has 0 unspecified atom stereocenters. The molecule has 0 fully saturated rings. The van der Waals surface area contributed by atoms with E-state index < -0.39 is 0 Å². The molecule has 0 atom stereocenters. The molecule has 130 valence electrons. The number of nitrogens with one attached hydrogen (secondary N) is 1. The molecule has 2 rings (SSSR count). The Labute approximate surface area is 142 Å². The molecule has 6 nitrogen and oxygen atoms in total. The number of hydrogen-bond acceptors (Lipinski definition) is 4. The summed E-state index contributed by atoms with van der Waals surface area (Å²) in [5.41, 5.74) is 0.513. The van der Waals surface area contributed by atoms with Gasteiger partial charge in [-0.3, -0.25) is 4.79 Å².